The van der Waals surface area contributed by atoms with E-state index in [1.807, 2.05) is 6.07 Å². The highest BCUT2D eigenvalue weighted by Gasteiger charge is 2.54. The Morgan fingerprint density at radius 2 is 1.78 bits per heavy atom. The van der Waals surface area contributed by atoms with Gasteiger partial charge in [-0.2, -0.15) is 0 Å². The number of amides is 2. The molecular weight excluding hydrogens is 596 g/mol. The minimum absolute atomic E-state index is 0.0429. The fourth-order valence-corrected chi connectivity index (χ4v) is 6.36. The number of nitrogens with one attached hydrogen (secondary N) is 2. The normalized spacial score (nSPS) is 17.2. The molecule has 3 aromatic carbocycles. The van der Waals surface area contributed by atoms with Crippen molar-refractivity contribution in [2.24, 2.45) is 0 Å². The SMILES string of the molecule is C=CCOC(=O)C1=C(COc2ccccc2-c2nc3ccccc3c(=O)[nH]2)CS[C@H]2[C@H](NC(=O)COc3ccccc3)C(=O)N12. The molecule has 0 saturated carbocycles. The Balaban J connectivity index is 1.21. The second kappa shape index (κ2) is 13.1. The third kappa shape index (κ3) is 6.18. The monoisotopic (exact) mass is 624 g/mol. The van der Waals surface area contributed by atoms with Crippen molar-refractivity contribution in [3.8, 4) is 22.9 Å². The van der Waals surface area contributed by atoms with Gasteiger partial charge in [0.1, 0.15) is 47.6 Å². The van der Waals surface area contributed by atoms with E-state index in [0.29, 0.717) is 45.1 Å². The van der Waals surface area contributed by atoms with Crippen molar-refractivity contribution in [3.05, 3.63) is 113 Å². The van der Waals surface area contributed by atoms with Gasteiger partial charge in [-0.15, -0.1) is 11.8 Å². The second-order valence-corrected chi connectivity index (χ2v) is 11.2. The Labute approximate surface area is 261 Å². The van der Waals surface area contributed by atoms with E-state index in [4.69, 9.17) is 14.2 Å². The van der Waals surface area contributed by atoms with Crippen LogP contribution in [0.2, 0.25) is 0 Å². The number of para-hydroxylation sites is 3. The second-order valence-electron chi connectivity index (χ2n) is 10.1. The zero-order valence-electron chi connectivity index (χ0n) is 23.9. The van der Waals surface area contributed by atoms with E-state index < -0.39 is 29.2 Å². The van der Waals surface area contributed by atoms with Crippen LogP contribution < -0.4 is 20.3 Å². The minimum Gasteiger partial charge on any atom is -0.488 e. The first-order valence-electron chi connectivity index (χ1n) is 14.1. The number of β-lactam (4-membered cyclic amide) rings is 1. The molecule has 0 radical (unpaired) electrons. The number of aromatic nitrogens is 2. The van der Waals surface area contributed by atoms with Crippen LogP contribution in [0, 0.1) is 0 Å². The van der Waals surface area contributed by atoms with Crippen LogP contribution in [0.25, 0.3) is 22.3 Å². The van der Waals surface area contributed by atoms with E-state index in [-0.39, 0.29) is 31.1 Å². The third-order valence-electron chi connectivity index (χ3n) is 7.16. The summed E-state index contributed by atoms with van der Waals surface area (Å²) in [6.45, 7) is 3.24. The van der Waals surface area contributed by atoms with E-state index in [1.54, 1.807) is 72.8 Å². The zero-order valence-corrected chi connectivity index (χ0v) is 24.8. The lowest BCUT2D eigenvalue weighted by molar-refractivity contribution is -0.152. The van der Waals surface area contributed by atoms with Gasteiger partial charge in [-0.25, -0.2) is 9.78 Å². The highest BCUT2D eigenvalue weighted by atomic mass is 32.2. The Morgan fingerprint density at radius 3 is 2.60 bits per heavy atom. The summed E-state index contributed by atoms with van der Waals surface area (Å²) in [4.78, 5) is 60.6. The first-order valence-corrected chi connectivity index (χ1v) is 15.1. The van der Waals surface area contributed by atoms with Crippen molar-refractivity contribution in [1.29, 1.82) is 0 Å². The quantitative estimate of drug-likeness (QED) is 0.146. The molecule has 0 bridgehead atoms. The molecule has 1 saturated heterocycles. The molecule has 228 valence electrons. The number of rotatable bonds is 11. The molecule has 11 nitrogen and oxygen atoms in total. The van der Waals surface area contributed by atoms with Crippen LogP contribution in [0.5, 0.6) is 11.5 Å². The number of aromatic amines is 1. The lowest BCUT2D eigenvalue weighted by atomic mass is 10.0. The summed E-state index contributed by atoms with van der Waals surface area (Å²) in [6, 6.07) is 22.2. The molecule has 2 amide bonds. The molecule has 2 aliphatic rings. The van der Waals surface area contributed by atoms with Crippen molar-refractivity contribution in [1.82, 2.24) is 20.2 Å². The van der Waals surface area contributed by atoms with Crippen molar-refractivity contribution >= 4 is 40.4 Å². The standard InChI is InChI=1S/C33H28N4O7S/c1-2-16-42-33(41)28-20(19-45-32-27(31(40)37(28)32)35-26(38)18-43-21-10-4-3-5-11-21)17-44-25-15-9-7-13-23(25)29-34-24-14-8-6-12-22(24)30(39)36-29/h2-15,27,32H,1,16-19H2,(H,35,38)(H,34,36,39)/t27-,32+/m1/s1. The first kappa shape index (κ1) is 29.7. The molecule has 3 heterocycles. The number of hydrogen-bond acceptors (Lipinski definition) is 9. The van der Waals surface area contributed by atoms with Gasteiger partial charge in [0.15, 0.2) is 6.61 Å². The molecular formula is C33H28N4O7S. The highest BCUT2D eigenvalue weighted by molar-refractivity contribution is 8.00. The molecule has 6 rings (SSSR count). The Kier molecular flexibility index (Phi) is 8.65. The third-order valence-corrected chi connectivity index (χ3v) is 8.50. The number of hydrogen-bond donors (Lipinski definition) is 2. The Hall–Kier alpha value is -5.36. The van der Waals surface area contributed by atoms with E-state index >= 15 is 0 Å². The van der Waals surface area contributed by atoms with Gasteiger partial charge in [-0.05, 0) is 36.4 Å². The lowest BCUT2D eigenvalue weighted by Crippen LogP contribution is -2.71. The van der Waals surface area contributed by atoms with Gasteiger partial charge >= 0.3 is 5.97 Å². The predicted molar refractivity (Wildman–Crippen MR) is 168 cm³/mol. The Bertz CT molecular complexity index is 1870. The zero-order chi connectivity index (χ0) is 31.3. The molecule has 2 N–H and O–H groups in total. The van der Waals surface area contributed by atoms with Gasteiger partial charge in [0.05, 0.1) is 16.5 Å². The average Bonchev–Trinajstić information content (AvgIpc) is 3.07. The molecule has 2 atom stereocenters. The van der Waals surface area contributed by atoms with Crippen LogP contribution in [0.1, 0.15) is 0 Å². The number of H-pyrrole nitrogens is 1. The summed E-state index contributed by atoms with van der Waals surface area (Å²) in [5, 5.41) is 2.68. The number of benzene rings is 3. The minimum atomic E-state index is -0.830. The fraction of sp³-hybridized carbons (Fsp3) is 0.182. The van der Waals surface area contributed by atoms with Gasteiger partial charge in [0.25, 0.3) is 17.4 Å². The smallest absolute Gasteiger partial charge is 0.355 e. The summed E-state index contributed by atoms with van der Waals surface area (Å²) >= 11 is 1.40. The van der Waals surface area contributed by atoms with E-state index in [1.165, 1.54) is 22.7 Å². The predicted octanol–water partition coefficient (Wildman–Crippen LogP) is 3.43. The number of esters is 1. The van der Waals surface area contributed by atoms with Gasteiger partial charge in [0, 0.05) is 11.3 Å². The topological polar surface area (TPSA) is 140 Å². The number of thioether (sulfide) groups is 1. The first-order chi connectivity index (χ1) is 21.9. The van der Waals surface area contributed by atoms with E-state index in [9.17, 15) is 19.2 Å². The highest BCUT2D eigenvalue weighted by Crippen LogP contribution is 2.41. The summed E-state index contributed by atoms with van der Waals surface area (Å²) in [7, 11) is 0. The van der Waals surface area contributed by atoms with Gasteiger partial charge in [-0.1, -0.05) is 55.1 Å². The maximum atomic E-state index is 13.3. The molecule has 12 heteroatoms. The van der Waals surface area contributed by atoms with Crippen LogP contribution in [0.3, 0.4) is 0 Å². The van der Waals surface area contributed by atoms with Crippen LogP contribution in [0.15, 0.2) is 108 Å². The molecule has 2 aliphatic heterocycles. The van der Waals surface area contributed by atoms with Crippen molar-refractivity contribution in [2.45, 2.75) is 11.4 Å². The van der Waals surface area contributed by atoms with Crippen LogP contribution in [0.4, 0.5) is 0 Å². The van der Waals surface area contributed by atoms with Crippen LogP contribution in [-0.4, -0.2) is 69.6 Å². The molecule has 45 heavy (non-hydrogen) atoms. The largest absolute Gasteiger partial charge is 0.488 e. The average molecular weight is 625 g/mol. The summed E-state index contributed by atoms with van der Waals surface area (Å²) in [5.74, 6) is 0.0358. The van der Waals surface area contributed by atoms with Crippen LogP contribution in [-0.2, 0) is 19.1 Å². The van der Waals surface area contributed by atoms with Crippen molar-refractivity contribution in [3.63, 3.8) is 0 Å². The van der Waals surface area contributed by atoms with Crippen molar-refractivity contribution < 1.29 is 28.6 Å². The fourth-order valence-electron chi connectivity index (χ4n) is 5.03. The van der Waals surface area contributed by atoms with Gasteiger partial charge in [0.2, 0.25) is 0 Å². The molecule has 1 fully saturated rings. The maximum absolute atomic E-state index is 13.3. The van der Waals surface area contributed by atoms with Crippen molar-refractivity contribution in [2.75, 3.05) is 25.6 Å². The lowest BCUT2D eigenvalue weighted by Gasteiger charge is -2.49. The molecule has 0 spiro atoms. The van der Waals surface area contributed by atoms with E-state index in [2.05, 4.69) is 21.9 Å². The van der Waals surface area contributed by atoms with Gasteiger partial charge in [-0.3, -0.25) is 19.3 Å². The van der Waals surface area contributed by atoms with E-state index in [0.717, 1.165) is 0 Å². The summed E-state index contributed by atoms with van der Waals surface area (Å²) < 4.78 is 17.0. The number of carbonyl (C=O) groups is 3. The maximum Gasteiger partial charge on any atom is 0.355 e. The Morgan fingerprint density at radius 1 is 1.02 bits per heavy atom. The number of nitrogens with zero attached hydrogens (tertiary/aromatic N) is 2. The summed E-state index contributed by atoms with van der Waals surface area (Å²) in [6.07, 6.45) is 1.44. The summed E-state index contributed by atoms with van der Waals surface area (Å²) in [5.41, 5.74) is 1.43. The number of carbonyl (C=O) groups excluding carboxylic acids is 3. The van der Waals surface area contributed by atoms with Crippen LogP contribution >= 0.6 is 11.8 Å². The number of fused-ring (bicyclic) bond motifs is 2. The number of ether oxygens (including phenoxy) is 3. The molecule has 0 unspecified atom stereocenters. The molecule has 0 aliphatic carbocycles. The molecule has 4 aromatic rings. The molecule has 1 aromatic heterocycles. The van der Waals surface area contributed by atoms with Gasteiger partial charge < -0.3 is 24.5 Å².